The molecule has 6 nitrogen and oxygen atoms in total. The van der Waals surface area contributed by atoms with Crippen LogP contribution in [0.5, 0.6) is 5.75 Å². The van der Waals surface area contributed by atoms with Crippen LogP contribution in [0.3, 0.4) is 0 Å². The number of amides is 1. The van der Waals surface area contributed by atoms with Gasteiger partial charge in [-0.15, -0.1) is 0 Å². The molecule has 0 radical (unpaired) electrons. The van der Waals surface area contributed by atoms with E-state index in [1.165, 1.54) is 0 Å². The molecule has 1 amide bonds. The zero-order valence-corrected chi connectivity index (χ0v) is 20.0. The number of aryl methyl sites for hydroxylation is 1. The van der Waals surface area contributed by atoms with Crippen molar-refractivity contribution in [3.8, 4) is 16.9 Å². The van der Waals surface area contributed by atoms with E-state index in [4.69, 9.17) is 33.0 Å². The van der Waals surface area contributed by atoms with Crippen molar-refractivity contribution < 1.29 is 9.53 Å². The van der Waals surface area contributed by atoms with Gasteiger partial charge in [-0.2, -0.15) is 5.10 Å². The Bertz CT molecular complexity index is 1420. The number of para-hydroxylation sites is 1. The first kappa shape index (κ1) is 21.4. The number of rotatable bonds is 4. The van der Waals surface area contributed by atoms with Crippen molar-refractivity contribution in [2.24, 2.45) is 0 Å². The smallest absolute Gasteiger partial charge is 0.255 e. The fourth-order valence-corrected chi connectivity index (χ4v) is 5.38. The molecule has 0 saturated heterocycles. The van der Waals surface area contributed by atoms with Crippen molar-refractivity contribution in [3.05, 3.63) is 81.2 Å². The van der Waals surface area contributed by atoms with Gasteiger partial charge < -0.3 is 10.1 Å². The van der Waals surface area contributed by atoms with Crippen LogP contribution in [0.15, 0.2) is 48.7 Å². The van der Waals surface area contributed by atoms with Crippen LogP contribution in [0, 0.1) is 6.92 Å². The minimum absolute atomic E-state index is 0.114. The lowest BCUT2D eigenvalue weighted by Gasteiger charge is -2.27. The van der Waals surface area contributed by atoms with Crippen molar-refractivity contribution in [1.82, 2.24) is 19.9 Å². The maximum absolute atomic E-state index is 13.5. The predicted molar refractivity (Wildman–Crippen MR) is 132 cm³/mol. The number of nitrogens with one attached hydrogen (secondary N) is 1. The average Bonchev–Trinajstić information content (AvgIpc) is 3.62. The molecule has 0 spiro atoms. The second-order valence-electron chi connectivity index (χ2n) is 8.82. The summed E-state index contributed by atoms with van der Waals surface area (Å²) < 4.78 is 7.56. The second kappa shape index (κ2) is 8.29. The van der Waals surface area contributed by atoms with Gasteiger partial charge in [0.1, 0.15) is 5.75 Å². The zero-order chi connectivity index (χ0) is 23.4. The number of benzene rings is 2. The van der Waals surface area contributed by atoms with Crippen LogP contribution >= 0.6 is 23.2 Å². The third-order valence-electron chi connectivity index (χ3n) is 6.54. The first-order chi connectivity index (χ1) is 16.5. The third kappa shape index (κ3) is 3.53. The topological polar surface area (TPSA) is 68.5 Å². The Balaban J connectivity index is 1.44. The highest BCUT2D eigenvalue weighted by molar-refractivity contribution is 6.39. The van der Waals surface area contributed by atoms with Crippen LogP contribution in [0.4, 0.5) is 0 Å². The van der Waals surface area contributed by atoms with E-state index in [-0.39, 0.29) is 17.9 Å². The van der Waals surface area contributed by atoms with Crippen molar-refractivity contribution in [2.75, 3.05) is 6.61 Å². The highest BCUT2D eigenvalue weighted by Crippen LogP contribution is 2.44. The van der Waals surface area contributed by atoms with Gasteiger partial charge in [-0.1, -0.05) is 47.5 Å². The van der Waals surface area contributed by atoms with Gasteiger partial charge in [0.2, 0.25) is 0 Å². The van der Waals surface area contributed by atoms with E-state index in [1.807, 2.05) is 41.8 Å². The minimum atomic E-state index is -0.150. The van der Waals surface area contributed by atoms with E-state index >= 15 is 0 Å². The van der Waals surface area contributed by atoms with E-state index in [2.05, 4.69) is 10.3 Å². The number of hydrogen-bond acceptors (Lipinski definition) is 4. The number of aromatic nitrogens is 3. The van der Waals surface area contributed by atoms with Gasteiger partial charge in [0.15, 0.2) is 5.65 Å². The van der Waals surface area contributed by atoms with Gasteiger partial charge in [0, 0.05) is 29.7 Å². The normalized spacial score (nSPS) is 17.3. The summed E-state index contributed by atoms with van der Waals surface area (Å²) in [5.41, 5.74) is 5.36. The minimum Gasteiger partial charge on any atom is -0.493 e. The van der Waals surface area contributed by atoms with Gasteiger partial charge >= 0.3 is 0 Å². The first-order valence-corrected chi connectivity index (χ1v) is 12.1. The number of carbonyl (C=O) groups is 1. The summed E-state index contributed by atoms with van der Waals surface area (Å²) in [6.45, 7) is 2.48. The highest BCUT2D eigenvalue weighted by atomic mass is 35.5. The van der Waals surface area contributed by atoms with E-state index in [9.17, 15) is 4.79 Å². The molecule has 34 heavy (non-hydrogen) atoms. The number of hydrogen-bond donors (Lipinski definition) is 1. The molecule has 1 N–H and O–H groups in total. The Labute approximate surface area is 206 Å². The first-order valence-electron chi connectivity index (χ1n) is 11.4. The molecule has 1 aliphatic carbocycles. The monoisotopic (exact) mass is 492 g/mol. The lowest BCUT2D eigenvalue weighted by atomic mass is 10.00. The fraction of sp³-hybridized carbons (Fsp3) is 0.269. The largest absolute Gasteiger partial charge is 0.493 e. The summed E-state index contributed by atoms with van der Waals surface area (Å²) in [7, 11) is 0. The van der Waals surface area contributed by atoms with Gasteiger partial charge in [0.25, 0.3) is 5.91 Å². The van der Waals surface area contributed by atoms with Crippen LogP contribution in [0.25, 0.3) is 16.8 Å². The Kier molecular flexibility index (Phi) is 5.23. The van der Waals surface area contributed by atoms with Crippen molar-refractivity contribution in [2.45, 2.75) is 38.1 Å². The Morgan fingerprint density at radius 1 is 1.06 bits per heavy atom. The molecule has 1 atom stereocenters. The number of fused-ring (bicyclic) bond motifs is 2. The molecule has 3 heterocycles. The van der Waals surface area contributed by atoms with E-state index in [0.717, 1.165) is 41.1 Å². The standard InChI is InChI=1S/C26H22Cl2N4O2/c1-14-22(23-18(27)6-4-7-19(23)28)25-29-13-17(24(15-9-10-15)32(25)31-14)26(33)30-20-11-12-34-21-8-3-2-5-16(20)21/h2-8,13,15,20H,9-12H2,1H3,(H,30,33)/t20-/m0/s1. The molecule has 2 aromatic heterocycles. The summed E-state index contributed by atoms with van der Waals surface area (Å²) in [5, 5.41) is 9.09. The molecule has 4 aromatic rings. The number of carbonyl (C=O) groups excluding carboxylic acids is 1. The second-order valence-corrected chi connectivity index (χ2v) is 9.64. The van der Waals surface area contributed by atoms with E-state index in [1.54, 1.807) is 18.3 Å². The SMILES string of the molecule is Cc1nn2c(C3CC3)c(C(=O)N[C@H]3CCOc4ccccc43)cnc2c1-c1c(Cl)cccc1Cl. The molecule has 6 rings (SSSR count). The van der Waals surface area contributed by atoms with Crippen molar-refractivity contribution in [1.29, 1.82) is 0 Å². The van der Waals surface area contributed by atoms with Gasteiger partial charge in [-0.25, -0.2) is 9.50 Å². The Morgan fingerprint density at radius 3 is 2.59 bits per heavy atom. The summed E-state index contributed by atoms with van der Waals surface area (Å²) in [6.07, 6.45) is 4.41. The molecule has 8 heteroatoms. The van der Waals surface area contributed by atoms with Crippen LogP contribution in [0.1, 0.15) is 58.5 Å². The van der Waals surface area contributed by atoms with Crippen molar-refractivity contribution >= 4 is 34.8 Å². The third-order valence-corrected chi connectivity index (χ3v) is 7.17. The van der Waals surface area contributed by atoms with Gasteiger partial charge in [0.05, 0.1) is 45.2 Å². The van der Waals surface area contributed by atoms with Crippen LogP contribution in [-0.4, -0.2) is 27.1 Å². The molecular formula is C26H22Cl2N4O2. The molecule has 2 aromatic carbocycles. The zero-order valence-electron chi connectivity index (χ0n) is 18.5. The molecule has 0 bridgehead atoms. The maximum atomic E-state index is 13.5. The predicted octanol–water partition coefficient (Wildman–Crippen LogP) is 6.14. The molecule has 2 aliphatic rings. The van der Waals surface area contributed by atoms with E-state index < -0.39 is 0 Å². The van der Waals surface area contributed by atoms with E-state index in [0.29, 0.717) is 39.8 Å². The fourth-order valence-electron chi connectivity index (χ4n) is 4.79. The summed E-state index contributed by atoms with van der Waals surface area (Å²) in [6, 6.07) is 13.2. The molecular weight excluding hydrogens is 471 g/mol. The molecule has 0 unspecified atom stereocenters. The Morgan fingerprint density at radius 2 is 1.82 bits per heavy atom. The number of ether oxygens (including phenoxy) is 1. The summed E-state index contributed by atoms with van der Waals surface area (Å²) in [4.78, 5) is 18.2. The average molecular weight is 493 g/mol. The molecule has 172 valence electrons. The van der Waals surface area contributed by atoms with Crippen LogP contribution < -0.4 is 10.1 Å². The molecule has 1 fully saturated rings. The lowest BCUT2D eigenvalue weighted by molar-refractivity contribution is 0.0922. The van der Waals surface area contributed by atoms with Gasteiger partial charge in [-0.3, -0.25) is 4.79 Å². The summed E-state index contributed by atoms with van der Waals surface area (Å²) >= 11 is 13.0. The molecule has 1 aliphatic heterocycles. The number of nitrogens with zero attached hydrogens (tertiary/aromatic N) is 3. The highest BCUT2D eigenvalue weighted by Gasteiger charge is 2.34. The molecule has 1 saturated carbocycles. The Hall–Kier alpha value is -3.09. The van der Waals surface area contributed by atoms with Gasteiger partial charge in [-0.05, 0) is 38.0 Å². The number of halogens is 2. The summed E-state index contributed by atoms with van der Waals surface area (Å²) in [5.74, 6) is 0.935. The van der Waals surface area contributed by atoms with Crippen LogP contribution in [0.2, 0.25) is 10.0 Å². The lowest BCUT2D eigenvalue weighted by Crippen LogP contribution is -2.33. The van der Waals surface area contributed by atoms with Crippen LogP contribution in [-0.2, 0) is 0 Å². The van der Waals surface area contributed by atoms with Crippen molar-refractivity contribution in [3.63, 3.8) is 0 Å². The quantitative estimate of drug-likeness (QED) is 0.371. The maximum Gasteiger partial charge on any atom is 0.255 e.